The Morgan fingerprint density at radius 2 is 1.17 bits per heavy atom. The zero-order chi connectivity index (χ0) is 26.5. The molecule has 0 unspecified atom stereocenters. The van der Waals surface area contributed by atoms with Gasteiger partial charge in [0.05, 0.1) is 0 Å². The van der Waals surface area contributed by atoms with Crippen molar-refractivity contribution in [2.75, 3.05) is 0 Å². The monoisotopic (exact) mass is 494 g/mol. The first kappa shape index (κ1) is 26.8. The zero-order valence-corrected chi connectivity index (χ0v) is 23.4. The Bertz CT molecular complexity index is 1370. The second kappa shape index (κ2) is 9.02. The summed E-state index contributed by atoms with van der Waals surface area (Å²) in [6.07, 6.45) is 0. The number of rotatable bonds is 4. The van der Waals surface area contributed by atoms with Crippen molar-refractivity contribution in [2.24, 2.45) is 0 Å². The van der Waals surface area contributed by atoms with Crippen LogP contribution in [0.3, 0.4) is 0 Å². The van der Waals surface area contributed by atoms with Crippen molar-refractivity contribution < 1.29 is 17.7 Å². The van der Waals surface area contributed by atoms with E-state index in [9.17, 15) is 13.5 Å². The first-order valence-electron chi connectivity index (χ1n) is 11.9. The molecule has 0 aliphatic rings. The molecule has 4 nitrogen and oxygen atoms in total. The minimum atomic E-state index is -4.11. The summed E-state index contributed by atoms with van der Waals surface area (Å²) in [5, 5.41) is 11.6. The Balaban J connectivity index is 2.50. The van der Waals surface area contributed by atoms with Crippen LogP contribution in [0.15, 0.2) is 47.4 Å². The number of aromatic hydroxyl groups is 1. The third-order valence-electron chi connectivity index (χ3n) is 6.71. The summed E-state index contributed by atoms with van der Waals surface area (Å²) in [6.45, 7) is 20.2. The second-order valence-corrected chi connectivity index (χ2v) is 13.1. The fraction of sp³-hybridized carbons (Fsp3) is 0.400. The molecule has 0 fully saturated rings. The van der Waals surface area contributed by atoms with E-state index in [0.29, 0.717) is 11.1 Å². The van der Waals surface area contributed by atoms with Gasteiger partial charge in [-0.25, -0.2) is 0 Å². The number of hydrogen-bond donors (Lipinski definition) is 1. The zero-order valence-electron chi connectivity index (χ0n) is 22.6. The number of aryl methyl sites for hydroxylation is 2. The Hall–Kier alpha value is -2.79. The fourth-order valence-electron chi connectivity index (χ4n) is 4.36. The molecule has 0 aliphatic heterocycles. The smallest absolute Gasteiger partial charge is 0.339 e. The molecular formula is C30H38O4S. The average molecular weight is 495 g/mol. The van der Waals surface area contributed by atoms with Crippen LogP contribution in [0, 0.1) is 27.7 Å². The van der Waals surface area contributed by atoms with Crippen molar-refractivity contribution >= 4 is 10.1 Å². The van der Waals surface area contributed by atoms with Gasteiger partial charge in [-0.15, -0.1) is 0 Å². The molecule has 0 spiro atoms. The Labute approximate surface area is 211 Å². The van der Waals surface area contributed by atoms with Crippen LogP contribution in [-0.2, 0) is 20.9 Å². The molecule has 35 heavy (non-hydrogen) atoms. The van der Waals surface area contributed by atoms with E-state index in [0.717, 1.165) is 33.4 Å². The molecule has 0 bridgehead atoms. The Morgan fingerprint density at radius 1 is 0.714 bits per heavy atom. The van der Waals surface area contributed by atoms with Gasteiger partial charge in [-0.1, -0.05) is 71.9 Å². The van der Waals surface area contributed by atoms with Gasteiger partial charge in [0, 0.05) is 22.3 Å². The largest absolute Gasteiger partial charge is 0.507 e. The van der Waals surface area contributed by atoms with Crippen LogP contribution in [0.4, 0.5) is 0 Å². The summed E-state index contributed by atoms with van der Waals surface area (Å²) in [4.78, 5) is 0.0876. The third-order valence-corrected chi connectivity index (χ3v) is 7.94. The molecule has 3 aromatic carbocycles. The van der Waals surface area contributed by atoms with E-state index in [1.807, 2.05) is 60.6 Å². The van der Waals surface area contributed by atoms with E-state index in [4.69, 9.17) is 4.18 Å². The van der Waals surface area contributed by atoms with Crippen LogP contribution in [-0.4, -0.2) is 13.5 Å². The third kappa shape index (κ3) is 5.11. The molecule has 3 aromatic rings. The summed E-state index contributed by atoms with van der Waals surface area (Å²) in [5.41, 5.74) is 5.92. The van der Waals surface area contributed by atoms with Crippen molar-refractivity contribution in [3.05, 3.63) is 75.8 Å². The van der Waals surface area contributed by atoms with Crippen LogP contribution < -0.4 is 4.18 Å². The summed E-state index contributed by atoms with van der Waals surface area (Å²) in [7, 11) is -4.11. The number of benzene rings is 3. The van der Waals surface area contributed by atoms with E-state index >= 15 is 0 Å². The van der Waals surface area contributed by atoms with Gasteiger partial charge in [0.15, 0.2) is 5.75 Å². The van der Waals surface area contributed by atoms with Crippen LogP contribution in [0.2, 0.25) is 0 Å². The number of phenols is 1. The van der Waals surface area contributed by atoms with Crippen molar-refractivity contribution in [3.8, 4) is 22.6 Å². The molecule has 0 amide bonds. The lowest BCUT2D eigenvalue weighted by Gasteiger charge is -2.29. The van der Waals surface area contributed by atoms with Gasteiger partial charge in [-0.3, -0.25) is 0 Å². The van der Waals surface area contributed by atoms with Crippen LogP contribution in [0.25, 0.3) is 11.1 Å². The average Bonchev–Trinajstić information content (AvgIpc) is 2.74. The van der Waals surface area contributed by atoms with E-state index in [1.165, 1.54) is 12.1 Å². The quantitative estimate of drug-likeness (QED) is 0.378. The molecule has 0 saturated heterocycles. The highest BCUT2D eigenvalue weighted by Gasteiger charge is 2.32. The lowest BCUT2D eigenvalue weighted by atomic mass is 9.78. The summed E-state index contributed by atoms with van der Waals surface area (Å²) in [6, 6.07) is 12.2. The van der Waals surface area contributed by atoms with Crippen molar-refractivity contribution in [1.29, 1.82) is 0 Å². The minimum Gasteiger partial charge on any atom is -0.507 e. The maximum absolute atomic E-state index is 13.4. The highest BCUT2D eigenvalue weighted by atomic mass is 32.2. The highest BCUT2D eigenvalue weighted by Crippen LogP contribution is 2.50. The van der Waals surface area contributed by atoms with E-state index in [-0.39, 0.29) is 21.8 Å². The first-order valence-corrected chi connectivity index (χ1v) is 13.4. The molecule has 0 radical (unpaired) electrons. The van der Waals surface area contributed by atoms with Gasteiger partial charge < -0.3 is 9.29 Å². The predicted octanol–water partition coefficient (Wildman–Crippen LogP) is 7.66. The standard InChI is InChI=1S/C30H38O4S/c1-18-16-23(29(5,6)7)27(31)25(20(18)3)26-21(4)19(2)17-24(30(8,9)10)28(26)34-35(32,33)22-14-12-11-13-15-22/h11-17,31H,1-10H3. The van der Waals surface area contributed by atoms with Crippen LogP contribution in [0.1, 0.15) is 74.9 Å². The summed E-state index contributed by atoms with van der Waals surface area (Å²) in [5.74, 6) is 0.435. The minimum absolute atomic E-state index is 0.0876. The topological polar surface area (TPSA) is 63.6 Å². The van der Waals surface area contributed by atoms with Crippen molar-refractivity contribution in [3.63, 3.8) is 0 Å². The molecule has 0 aliphatic carbocycles. The van der Waals surface area contributed by atoms with Gasteiger partial charge in [0.25, 0.3) is 0 Å². The van der Waals surface area contributed by atoms with Gasteiger partial charge in [0.1, 0.15) is 10.6 Å². The predicted molar refractivity (Wildman–Crippen MR) is 144 cm³/mol. The SMILES string of the molecule is Cc1cc(C(C)(C)C)c(O)c(-c2c(C)c(C)cc(C(C)(C)C)c2OS(=O)(=O)c2ccccc2)c1C. The number of hydrogen-bond acceptors (Lipinski definition) is 4. The Kier molecular flexibility index (Phi) is 6.91. The fourth-order valence-corrected chi connectivity index (χ4v) is 5.34. The normalized spacial score (nSPS) is 12.6. The summed E-state index contributed by atoms with van der Waals surface area (Å²) >= 11 is 0. The van der Waals surface area contributed by atoms with Gasteiger partial charge in [-0.05, 0) is 72.9 Å². The molecule has 0 atom stereocenters. The molecule has 0 saturated carbocycles. The first-order chi connectivity index (χ1) is 16.0. The molecule has 5 heteroatoms. The maximum Gasteiger partial charge on any atom is 0.339 e. The highest BCUT2D eigenvalue weighted by molar-refractivity contribution is 7.87. The molecular weight excluding hydrogens is 456 g/mol. The molecule has 188 valence electrons. The van der Waals surface area contributed by atoms with Crippen LogP contribution >= 0.6 is 0 Å². The summed E-state index contributed by atoms with van der Waals surface area (Å²) < 4.78 is 32.9. The van der Waals surface area contributed by atoms with Crippen LogP contribution in [0.5, 0.6) is 11.5 Å². The lowest BCUT2D eigenvalue weighted by Crippen LogP contribution is -2.19. The molecule has 0 aromatic heterocycles. The van der Waals surface area contributed by atoms with E-state index < -0.39 is 15.5 Å². The molecule has 1 N–H and O–H groups in total. The maximum atomic E-state index is 13.4. The van der Waals surface area contributed by atoms with Gasteiger partial charge >= 0.3 is 10.1 Å². The Morgan fingerprint density at radius 3 is 1.66 bits per heavy atom. The molecule has 0 heterocycles. The molecule has 3 rings (SSSR count). The van der Waals surface area contributed by atoms with Gasteiger partial charge in [-0.2, -0.15) is 8.42 Å². The second-order valence-electron chi connectivity index (χ2n) is 11.5. The van der Waals surface area contributed by atoms with E-state index in [1.54, 1.807) is 18.2 Å². The van der Waals surface area contributed by atoms with Gasteiger partial charge in [0.2, 0.25) is 0 Å². The van der Waals surface area contributed by atoms with Crippen molar-refractivity contribution in [1.82, 2.24) is 0 Å². The number of phenolic OH excluding ortho intramolecular Hbond substituents is 1. The van der Waals surface area contributed by atoms with E-state index in [2.05, 4.69) is 20.8 Å². The lowest BCUT2D eigenvalue weighted by molar-refractivity contribution is 0.446. The van der Waals surface area contributed by atoms with Crippen molar-refractivity contribution in [2.45, 2.75) is 85.0 Å².